The van der Waals surface area contributed by atoms with Gasteiger partial charge in [-0.05, 0) is 6.92 Å². The van der Waals surface area contributed by atoms with Crippen LogP contribution in [-0.4, -0.2) is 17.9 Å². The Hall–Kier alpha value is -0.670. The van der Waals surface area contributed by atoms with Crippen LogP contribution in [0.15, 0.2) is 0 Å². The fourth-order valence-electron chi connectivity index (χ4n) is 0.765. The molecular weight excluding hydrogens is 128 g/mol. The Kier molecular flexibility index (Phi) is 1.18. The fourth-order valence-corrected chi connectivity index (χ4v) is 0.765. The van der Waals surface area contributed by atoms with E-state index >= 15 is 0 Å². The lowest BCUT2D eigenvalue weighted by molar-refractivity contribution is -0.120. The third kappa shape index (κ3) is 1.01. The molecule has 1 amide bonds. The molecule has 1 heterocycles. The molecule has 1 aliphatic heterocycles. The zero-order valence-electron chi connectivity index (χ0n) is 4.95. The second-order valence-corrected chi connectivity index (χ2v) is 2.23. The standard InChI is InChI=1S/C5H7F2NO/c1-3-5(6,7)2-4(9)8-3/h3H,2H2,1H3,(H,8,9). The van der Waals surface area contributed by atoms with Gasteiger partial charge in [-0.15, -0.1) is 0 Å². The van der Waals surface area contributed by atoms with Crippen LogP contribution in [0.5, 0.6) is 0 Å². The number of alkyl halides is 2. The summed E-state index contributed by atoms with van der Waals surface area (Å²) in [5.74, 6) is -3.40. The molecule has 1 N–H and O–H groups in total. The van der Waals surface area contributed by atoms with Gasteiger partial charge in [-0.3, -0.25) is 4.79 Å². The molecule has 1 saturated heterocycles. The maximum Gasteiger partial charge on any atom is 0.276 e. The first-order valence-electron chi connectivity index (χ1n) is 2.69. The number of hydrogen-bond donors (Lipinski definition) is 1. The van der Waals surface area contributed by atoms with Crippen molar-refractivity contribution in [2.24, 2.45) is 0 Å². The maximum absolute atomic E-state index is 12.3. The Labute approximate surface area is 51.2 Å². The highest BCUT2D eigenvalue weighted by molar-refractivity contribution is 5.80. The molecule has 0 spiro atoms. The first-order valence-corrected chi connectivity index (χ1v) is 2.69. The van der Waals surface area contributed by atoms with E-state index in [1.807, 2.05) is 0 Å². The van der Waals surface area contributed by atoms with Crippen molar-refractivity contribution < 1.29 is 13.6 Å². The van der Waals surface area contributed by atoms with Crippen LogP contribution in [0.2, 0.25) is 0 Å². The third-order valence-electron chi connectivity index (χ3n) is 1.41. The molecular formula is C5H7F2NO. The molecule has 4 heteroatoms. The van der Waals surface area contributed by atoms with Gasteiger partial charge in [0.2, 0.25) is 5.91 Å². The summed E-state index contributed by atoms with van der Waals surface area (Å²) in [4.78, 5) is 10.3. The van der Waals surface area contributed by atoms with E-state index in [4.69, 9.17) is 0 Å². The van der Waals surface area contributed by atoms with Gasteiger partial charge in [-0.25, -0.2) is 8.78 Å². The lowest BCUT2D eigenvalue weighted by Gasteiger charge is -2.11. The minimum atomic E-state index is -2.84. The highest BCUT2D eigenvalue weighted by Crippen LogP contribution is 2.27. The first-order chi connectivity index (χ1) is 4.02. The summed E-state index contributed by atoms with van der Waals surface area (Å²) in [6, 6.07) is -0.995. The number of rotatable bonds is 0. The molecule has 0 aromatic heterocycles. The van der Waals surface area contributed by atoms with Crippen molar-refractivity contribution in [1.29, 1.82) is 0 Å². The number of nitrogens with one attached hydrogen (secondary N) is 1. The molecule has 0 bridgehead atoms. The van der Waals surface area contributed by atoms with Gasteiger partial charge < -0.3 is 5.32 Å². The minimum absolute atomic E-state index is 0.562. The maximum atomic E-state index is 12.3. The summed E-state index contributed by atoms with van der Waals surface area (Å²) in [6.45, 7) is 1.30. The molecule has 1 unspecified atom stereocenters. The third-order valence-corrected chi connectivity index (χ3v) is 1.41. The summed E-state index contributed by atoms with van der Waals surface area (Å²) >= 11 is 0. The van der Waals surface area contributed by atoms with Crippen LogP contribution in [0, 0.1) is 0 Å². The fraction of sp³-hybridized carbons (Fsp3) is 0.800. The molecule has 0 saturated carbocycles. The molecule has 1 atom stereocenters. The van der Waals surface area contributed by atoms with Gasteiger partial charge in [-0.1, -0.05) is 0 Å². The van der Waals surface area contributed by atoms with Crippen LogP contribution in [0.25, 0.3) is 0 Å². The van der Waals surface area contributed by atoms with Crippen LogP contribution in [0.3, 0.4) is 0 Å². The Bertz CT molecular complexity index is 146. The quantitative estimate of drug-likeness (QED) is 0.515. The van der Waals surface area contributed by atoms with Crippen molar-refractivity contribution in [3.05, 3.63) is 0 Å². The Morgan fingerprint density at radius 1 is 1.78 bits per heavy atom. The Balaban J connectivity index is 2.69. The Morgan fingerprint density at radius 2 is 2.33 bits per heavy atom. The molecule has 0 aromatic carbocycles. The molecule has 1 fully saturated rings. The lowest BCUT2D eigenvalue weighted by atomic mass is 10.2. The molecule has 1 aliphatic rings. The van der Waals surface area contributed by atoms with E-state index in [9.17, 15) is 13.6 Å². The van der Waals surface area contributed by atoms with E-state index in [0.29, 0.717) is 0 Å². The van der Waals surface area contributed by atoms with E-state index in [0.717, 1.165) is 0 Å². The molecule has 2 nitrogen and oxygen atoms in total. The largest absolute Gasteiger partial charge is 0.347 e. The highest BCUT2D eigenvalue weighted by Gasteiger charge is 2.45. The van der Waals surface area contributed by atoms with Gasteiger partial charge in [0.1, 0.15) is 0 Å². The molecule has 9 heavy (non-hydrogen) atoms. The average Bonchev–Trinajstić information content (AvgIpc) is 1.79. The summed E-state index contributed by atoms with van der Waals surface area (Å²) in [6.07, 6.45) is -0.659. The van der Waals surface area contributed by atoms with Gasteiger partial charge in [-0.2, -0.15) is 0 Å². The number of amides is 1. The minimum Gasteiger partial charge on any atom is -0.347 e. The molecule has 1 rings (SSSR count). The second kappa shape index (κ2) is 1.65. The summed E-state index contributed by atoms with van der Waals surface area (Å²) in [7, 11) is 0. The summed E-state index contributed by atoms with van der Waals surface area (Å²) in [5.41, 5.74) is 0. The van der Waals surface area contributed by atoms with Crippen LogP contribution in [0.4, 0.5) is 8.78 Å². The number of carbonyl (C=O) groups is 1. The van der Waals surface area contributed by atoms with Crippen molar-refractivity contribution in [2.75, 3.05) is 0 Å². The van der Waals surface area contributed by atoms with E-state index in [1.54, 1.807) is 0 Å². The molecule has 0 radical (unpaired) electrons. The van der Waals surface area contributed by atoms with Gasteiger partial charge in [0.25, 0.3) is 5.92 Å². The number of hydrogen-bond acceptors (Lipinski definition) is 1. The smallest absolute Gasteiger partial charge is 0.276 e. The van der Waals surface area contributed by atoms with Crippen LogP contribution in [-0.2, 0) is 4.79 Å². The highest BCUT2D eigenvalue weighted by atomic mass is 19.3. The molecule has 0 aromatic rings. The zero-order valence-corrected chi connectivity index (χ0v) is 4.95. The number of carbonyl (C=O) groups excluding carboxylic acids is 1. The summed E-state index contributed by atoms with van der Waals surface area (Å²) in [5, 5.41) is 2.12. The van der Waals surface area contributed by atoms with Gasteiger partial charge in [0, 0.05) is 0 Å². The average molecular weight is 135 g/mol. The van der Waals surface area contributed by atoms with Crippen LogP contribution in [0.1, 0.15) is 13.3 Å². The van der Waals surface area contributed by atoms with E-state index in [2.05, 4.69) is 5.32 Å². The molecule has 0 aliphatic carbocycles. The van der Waals surface area contributed by atoms with Crippen LogP contribution < -0.4 is 5.32 Å². The summed E-state index contributed by atoms with van der Waals surface area (Å²) < 4.78 is 24.6. The number of halogens is 2. The zero-order chi connectivity index (χ0) is 7.07. The van der Waals surface area contributed by atoms with Crippen molar-refractivity contribution >= 4 is 5.91 Å². The molecule has 52 valence electrons. The lowest BCUT2D eigenvalue weighted by Crippen LogP contribution is -2.32. The second-order valence-electron chi connectivity index (χ2n) is 2.23. The van der Waals surface area contributed by atoms with Crippen molar-refractivity contribution in [2.45, 2.75) is 25.3 Å². The predicted octanol–water partition coefficient (Wildman–Crippen LogP) is 0.530. The monoisotopic (exact) mass is 135 g/mol. The van der Waals surface area contributed by atoms with Crippen LogP contribution >= 0.6 is 0 Å². The van der Waals surface area contributed by atoms with Gasteiger partial charge in [0.15, 0.2) is 0 Å². The topological polar surface area (TPSA) is 29.1 Å². The van der Waals surface area contributed by atoms with Gasteiger partial charge >= 0.3 is 0 Å². The SMILES string of the molecule is CC1NC(=O)CC1(F)F. The van der Waals surface area contributed by atoms with Crippen molar-refractivity contribution in [3.8, 4) is 0 Å². The van der Waals surface area contributed by atoms with Gasteiger partial charge in [0.05, 0.1) is 12.5 Å². The van der Waals surface area contributed by atoms with E-state index in [-0.39, 0.29) is 0 Å². The normalized spacial score (nSPS) is 32.3. The van der Waals surface area contributed by atoms with E-state index < -0.39 is 24.3 Å². The Morgan fingerprint density at radius 3 is 2.44 bits per heavy atom. The predicted molar refractivity (Wildman–Crippen MR) is 27.2 cm³/mol. The van der Waals surface area contributed by atoms with Crippen molar-refractivity contribution in [3.63, 3.8) is 0 Å². The van der Waals surface area contributed by atoms with Crippen molar-refractivity contribution in [1.82, 2.24) is 5.32 Å². The first kappa shape index (κ1) is 6.45. The van der Waals surface area contributed by atoms with E-state index in [1.165, 1.54) is 6.92 Å².